The van der Waals surface area contributed by atoms with Crippen molar-refractivity contribution in [2.24, 2.45) is 0 Å². The largest absolute Gasteiger partial charge is 0.361 e. The second-order valence-corrected chi connectivity index (χ2v) is 8.51. The van der Waals surface area contributed by atoms with Crippen LogP contribution in [0.25, 0.3) is 11.0 Å². The van der Waals surface area contributed by atoms with Gasteiger partial charge in [-0.05, 0) is 31.9 Å². The summed E-state index contributed by atoms with van der Waals surface area (Å²) in [6.07, 6.45) is 2.26. The molecular formula is C16H18N4O3S2. The zero-order valence-electron chi connectivity index (χ0n) is 14.0. The van der Waals surface area contributed by atoms with Crippen LogP contribution in [-0.4, -0.2) is 33.2 Å². The molecule has 2 aromatic heterocycles. The van der Waals surface area contributed by atoms with Crippen molar-refractivity contribution in [3.8, 4) is 0 Å². The first-order chi connectivity index (χ1) is 12.0. The highest BCUT2D eigenvalue weighted by atomic mass is 32.2. The number of hydrogen-bond acceptors (Lipinski definition) is 7. The molecule has 4 rings (SSSR count). The van der Waals surface area contributed by atoms with Gasteiger partial charge in [-0.25, -0.2) is 8.42 Å². The van der Waals surface area contributed by atoms with E-state index in [1.807, 2.05) is 13.8 Å². The molecule has 1 aromatic carbocycles. The van der Waals surface area contributed by atoms with Crippen molar-refractivity contribution in [1.29, 1.82) is 0 Å². The molecule has 25 heavy (non-hydrogen) atoms. The third-order valence-electron chi connectivity index (χ3n) is 4.68. The van der Waals surface area contributed by atoms with E-state index in [2.05, 4.69) is 13.9 Å². The van der Waals surface area contributed by atoms with Gasteiger partial charge in [0.25, 0.3) is 0 Å². The minimum absolute atomic E-state index is 0.220. The summed E-state index contributed by atoms with van der Waals surface area (Å²) in [5.74, 6) is 0.762. The van der Waals surface area contributed by atoms with Gasteiger partial charge in [-0.2, -0.15) is 13.1 Å². The summed E-state index contributed by atoms with van der Waals surface area (Å²) in [5, 5.41) is 4.05. The Morgan fingerprint density at radius 3 is 3.00 bits per heavy atom. The van der Waals surface area contributed by atoms with Crippen LogP contribution in [0.3, 0.4) is 0 Å². The van der Waals surface area contributed by atoms with E-state index >= 15 is 0 Å². The summed E-state index contributed by atoms with van der Waals surface area (Å²) < 4.78 is 42.0. The highest BCUT2D eigenvalue weighted by molar-refractivity contribution is 7.89. The number of fused-ring (bicyclic) bond motifs is 1. The molecule has 0 N–H and O–H groups in total. The van der Waals surface area contributed by atoms with E-state index in [-0.39, 0.29) is 10.9 Å². The van der Waals surface area contributed by atoms with Gasteiger partial charge in [0.05, 0.1) is 23.5 Å². The van der Waals surface area contributed by atoms with Gasteiger partial charge in [0.1, 0.15) is 21.7 Å². The fourth-order valence-electron chi connectivity index (χ4n) is 3.54. The van der Waals surface area contributed by atoms with E-state index in [1.165, 1.54) is 0 Å². The maximum atomic E-state index is 13.4. The number of aromatic nitrogens is 3. The number of benzene rings is 1. The lowest BCUT2D eigenvalue weighted by atomic mass is 10.0. The Labute approximate surface area is 150 Å². The molecule has 7 nitrogen and oxygen atoms in total. The number of hydrogen-bond donors (Lipinski definition) is 0. The highest BCUT2D eigenvalue weighted by Gasteiger charge is 2.40. The molecule has 0 spiro atoms. The zero-order valence-corrected chi connectivity index (χ0v) is 15.6. The average Bonchev–Trinajstić information content (AvgIpc) is 3.32. The van der Waals surface area contributed by atoms with Crippen LogP contribution in [0.5, 0.6) is 0 Å². The molecule has 132 valence electrons. The van der Waals surface area contributed by atoms with Crippen molar-refractivity contribution in [2.75, 3.05) is 6.54 Å². The van der Waals surface area contributed by atoms with Crippen LogP contribution < -0.4 is 0 Å². The third kappa shape index (κ3) is 2.57. The molecule has 1 aliphatic rings. The van der Waals surface area contributed by atoms with Gasteiger partial charge in [-0.1, -0.05) is 18.1 Å². The summed E-state index contributed by atoms with van der Waals surface area (Å²) in [6, 6.07) is 4.85. The van der Waals surface area contributed by atoms with Gasteiger partial charge in [0.15, 0.2) is 0 Å². The predicted octanol–water partition coefficient (Wildman–Crippen LogP) is 3.08. The Kier molecular flexibility index (Phi) is 4.09. The molecule has 3 heterocycles. The van der Waals surface area contributed by atoms with E-state index in [0.717, 1.165) is 41.6 Å². The summed E-state index contributed by atoms with van der Waals surface area (Å²) in [6.45, 7) is 4.33. The third-order valence-corrected chi connectivity index (χ3v) is 7.16. The molecule has 1 aliphatic heterocycles. The van der Waals surface area contributed by atoms with Crippen LogP contribution in [0.15, 0.2) is 27.6 Å². The van der Waals surface area contributed by atoms with Gasteiger partial charge in [-0.3, -0.25) is 0 Å². The van der Waals surface area contributed by atoms with Gasteiger partial charge < -0.3 is 4.52 Å². The second kappa shape index (κ2) is 6.15. The summed E-state index contributed by atoms with van der Waals surface area (Å²) in [5.41, 5.74) is 2.72. The van der Waals surface area contributed by atoms with Crippen LogP contribution in [0.2, 0.25) is 0 Å². The van der Waals surface area contributed by atoms with Crippen molar-refractivity contribution in [3.63, 3.8) is 0 Å². The van der Waals surface area contributed by atoms with E-state index in [9.17, 15) is 8.42 Å². The SMILES string of the molecule is CCc1onc(C)c1[C@H]1CCCN1S(=O)(=O)c1cccc2nsnc12. The fraction of sp³-hybridized carbons (Fsp3) is 0.438. The maximum Gasteiger partial charge on any atom is 0.245 e. The number of nitrogens with zero attached hydrogens (tertiary/aromatic N) is 4. The first-order valence-electron chi connectivity index (χ1n) is 8.22. The van der Waals surface area contributed by atoms with E-state index in [4.69, 9.17) is 4.52 Å². The molecular weight excluding hydrogens is 360 g/mol. The smallest absolute Gasteiger partial charge is 0.245 e. The summed E-state index contributed by atoms with van der Waals surface area (Å²) >= 11 is 1.02. The van der Waals surface area contributed by atoms with Crippen molar-refractivity contribution >= 4 is 32.8 Å². The molecule has 0 amide bonds. The molecule has 1 fully saturated rings. The van der Waals surface area contributed by atoms with E-state index in [0.29, 0.717) is 24.0 Å². The number of aryl methyl sites for hydroxylation is 2. The van der Waals surface area contributed by atoms with Crippen LogP contribution in [-0.2, 0) is 16.4 Å². The Morgan fingerprint density at radius 2 is 2.20 bits per heavy atom. The number of sulfonamides is 1. The molecule has 0 bridgehead atoms. The van der Waals surface area contributed by atoms with E-state index in [1.54, 1.807) is 22.5 Å². The lowest BCUT2D eigenvalue weighted by Gasteiger charge is -2.24. The molecule has 9 heteroatoms. The van der Waals surface area contributed by atoms with Crippen LogP contribution >= 0.6 is 11.7 Å². The summed E-state index contributed by atoms with van der Waals surface area (Å²) in [7, 11) is -3.68. The Morgan fingerprint density at radius 1 is 1.36 bits per heavy atom. The summed E-state index contributed by atoms with van der Waals surface area (Å²) in [4.78, 5) is 0.220. The monoisotopic (exact) mass is 378 g/mol. The zero-order chi connectivity index (χ0) is 17.6. The van der Waals surface area contributed by atoms with Gasteiger partial charge in [0, 0.05) is 18.5 Å². The molecule has 3 aromatic rings. The standard InChI is InChI=1S/C16H18N4O3S2/c1-3-13-15(10(2)17-23-13)12-7-5-9-20(12)25(21,22)14-8-4-6-11-16(14)19-24-18-11/h4,6,8,12H,3,5,7,9H2,1-2H3/t12-/m1/s1. The Bertz CT molecular complexity index is 1030. The van der Waals surface area contributed by atoms with Crippen LogP contribution in [0, 0.1) is 6.92 Å². The lowest BCUT2D eigenvalue weighted by molar-refractivity contribution is 0.368. The van der Waals surface area contributed by atoms with Gasteiger partial charge in [-0.15, -0.1) is 0 Å². The first kappa shape index (κ1) is 16.6. The Balaban J connectivity index is 1.82. The van der Waals surface area contributed by atoms with Crippen LogP contribution in [0.1, 0.15) is 42.8 Å². The first-order valence-corrected chi connectivity index (χ1v) is 10.4. The highest BCUT2D eigenvalue weighted by Crippen LogP contribution is 2.40. The van der Waals surface area contributed by atoms with Crippen molar-refractivity contribution in [2.45, 2.75) is 44.0 Å². The second-order valence-electron chi connectivity index (χ2n) is 6.12. The predicted molar refractivity (Wildman–Crippen MR) is 93.9 cm³/mol. The van der Waals surface area contributed by atoms with Gasteiger partial charge >= 0.3 is 0 Å². The maximum absolute atomic E-state index is 13.4. The molecule has 0 saturated carbocycles. The Hall–Kier alpha value is -1.84. The minimum Gasteiger partial charge on any atom is -0.361 e. The minimum atomic E-state index is -3.68. The molecule has 0 radical (unpaired) electrons. The lowest BCUT2D eigenvalue weighted by Crippen LogP contribution is -2.31. The quantitative estimate of drug-likeness (QED) is 0.693. The van der Waals surface area contributed by atoms with Crippen LogP contribution in [0.4, 0.5) is 0 Å². The number of rotatable bonds is 4. The molecule has 0 unspecified atom stereocenters. The molecule has 0 aliphatic carbocycles. The van der Waals surface area contributed by atoms with Crippen molar-refractivity contribution < 1.29 is 12.9 Å². The molecule has 1 atom stereocenters. The van der Waals surface area contributed by atoms with Gasteiger partial charge in [0.2, 0.25) is 10.0 Å². The average molecular weight is 378 g/mol. The van der Waals surface area contributed by atoms with Crippen molar-refractivity contribution in [3.05, 3.63) is 35.2 Å². The topological polar surface area (TPSA) is 89.2 Å². The van der Waals surface area contributed by atoms with E-state index < -0.39 is 10.0 Å². The fourth-order valence-corrected chi connectivity index (χ4v) is 5.96. The van der Waals surface area contributed by atoms with Crippen molar-refractivity contribution in [1.82, 2.24) is 18.2 Å². The molecule has 1 saturated heterocycles. The normalized spacial score (nSPS) is 19.0.